The molecule has 3 atom stereocenters. The van der Waals surface area contributed by atoms with E-state index in [-0.39, 0.29) is 17.4 Å². The number of ketones is 1. The number of nitrogens with zero attached hydrogens (tertiary/aromatic N) is 1. The number of esters is 1. The van der Waals surface area contributed by atoms with Crippen LogP contribution in [0.4, 0.5) is 0 Å². The van der Waals surface area contributed by atoms with E-state index in [9.17, 15) is 19.5 Å². The van der Waals surface area contributed by atoms with E-state index >= 15 is 0 Å². The molecule has 1 aromatic carbocycles. The van der Waals surface area contributed by atoms with Crippen molar-refractivity contribution in [1.82, 2.24) is 4.90 Å². The minimum atomic E-state index is -0.848. The van der Waals surface area contributed by atoms with E-state index in [1.54, 1.807) is 32.0 Å². The highest BCUT2D eigenvalue weighted by molar-refractivity contribution is 5.94. The molecule has 25 heavy (non-hydrogen) atoms. The van der Waals surface area contributed by atoms with Gasteiger partial charge in [0.15, 0.2) is 5.78 Å². The van der Waals surface area contributed by atoms with E-state index in [0.717, 1.165) is 24.0 Å². The molecule has 0 spiro atoms. The van der Waals surface area contributed by atoms with Crippen LogP contribution >= 0.6 is 0 Å². The Morgan fingerprint density at radius 1 is 1.24 bits per heavy atom. The number of hydrogen-bond donors (Lipinski definition) is 1. The van der Waals surface area contributed by atoms with Crippen LogP contribution in [-0.2, 0) is 25.5 Å². The fourth-order valence-electron chi connectivity index (χ4n) is 3.43. The number of hydrogen-bond acceptors (Lipinski definition) is 5. The zero-order valence-electron chi connectivity index (χ0n) is 15.1. The van der Waals surface area contributed by atoms with E-state index in [1.807, 2.05) is 0 Å². The quantitative estimate of drug-likeness (QED) is 0.826. The number of amides is 1. The fourth-order valence-corrected chi connectivity index (χ4v) is 3.43. The number of carbonyl (C=O) groups is 3. The van der Waals surface area contributed by atoms with Gasteiger partial charge in [0.25, 0.3) is 0 Å². The summed E-state index contributed by atoms with van der Waals surface area (Å²) in [6.07, 6.45) is 2.25. The van der Waals surface area contributed by atoms with Crippen LogP contribution in [-0.4, -0.2) is 46.9 Å². The highest BCUT2D eigenvalue weighted by Gasteiger charge is 2.38. The van der Waals surface area contributed by atoms with Crippen molar-refractivity contribution < 1.29 is 24.2 Å². The number of Topliss-reactive ketones (excluding diaryl/α,β-unsaturated/α-hetero) is 1. The summed E-state index contributed by atoms with van der Waals surface area (Å²) in [6.45, 7) is 4.60. The molecule has 6 nitrogen and oxygen atoms in total. The number of aromatic hydroxyl groups is 1. The van der Waals surface area contributed by atoms with Crippen LogP contribution in [0.3, 0.4) is 0 Å². The first-order chi connectivity index (χ1) is 11.8. The molecule has 1 N–H and O–H groups in total. The molecular weight excluding hydrogens is 322 g/mol. The molecule has 0 aliphatic heterocycles. The van der Waals surface area contributed by atoms with Crippen molar-refractivity contribution in [3.63, 3.8) is 0 Å². The third-order valence-corrected chi connectivity index (χ3v) is 4.96. The van der Waals surface area contributed by atoms with Gasteiger partial charge in [-0.05, 0) is 63.3 Å². The molecule has 0 bridgehead atoms. The molecule has 0 radical (unpaired) electrons. The van der Waals surface area contributed by atoms with Crippen LogP contribution in [0.2, 0.25) is 0 Å². The van der Waals surface area contributed by atoms with Gasteiger partial charge >= 0.3 is 5.97 Å². The van der Waals surface area contributed by atoms with Gasteiger partial charge in [0.05, 0.1) is 19.1 Å². The van der Waals surface area contributed by atoms with Crippen molar-refractivity contribution in [1.29, 1.82) is 0 Å². The van der Waals surface area contributed by atoms with Gasteiger partial charge in [-0.25, -0.2) is 4.79 Å². The van der Waals surface area contributed by atoms with Crippen LogP contribution in [0, 0.1) is 0 Å². The van der Waals surface area contributed by atoms with Gasteiger partial charge in [0.1, 0.15) is 11.8 Å². The van der Waals surface area contributed by atoms with Gasteiger partial charge in [-0.2, -0.15) is 0 Å². The number of phenolic OH excluding ortho intramolecular Hbond substituents is 1. The summed E-state index contributed by atoms with van der Waals surface area (Å²) in [5, 5.41) is 9.68. The van der Waals surface area contributed by atoms with Crippen molar-refractivity contribution in [2.45, 2.75) is 58.0 Å². The topological polar surface area (TPSA) is 83.9 Å². The Morgan fingerprint density at radius 3 is 2.52 bits per heavy atom. The molecule has 0 aromatic heterocycles. The summed E-state index contributed by atoms with van der Waals surface area (Å²) in [6, 6.07) is 3.43. The summed E-state index contributed by atoms with van der Waals surface area (Å²) in [7, 11) is 1.26. The molecule has 0 fully saturated rings. The zero-order valence-corrected chi connectivity index (χ0v) is 15.1. The van der Waals surface area contributed by atoms with Crippen LogP contribution in [0.15, 0.2) is 18.2 Å². The SMILES string of the molecule is COC(=O)C(C)N(C(=O)C1CCCc2cc(O)ccc21)C(C)C(C)=O. The third-order valence-electron chi connectivity index (χ3n) is 4.96. The van der Waals surface area contributed by atoms with Crippen LogP contribution in [0.25, 0.3) is 0 Å². The lowest BCUT2D eigenvalue weighted by molar-refractivity contribution is -0.156. The maximum absolute atomic E-state index is 13.3. The molecule has 1 aliphatic rings. The minimum Gasteiger partial charge on any atom is -0.508 e. The Balaban J connectivity index is 2.40. The van der Waals surface area contributed by atoms with Gasteiger partial charge in [-0.15, -0.1) is 0 Å². The maximum Gasteiger partial charge on any atom is 0.328 e. The summed E-state index contributed by atoms with van der Waals surface area (Å²) in [4.78, 5) is 38.5. The Morgan fingerprint density at radius 2 is 1.92 bits per heavy atom. The van der Waals surface area contributed by atoms with Crippen LogP contribution < -0.4 is 0 Å². The van der Waals surface area contributed by atoms with E-state index in [1.165, 1.54) is 18.9 Å². The summed E-state index contributed by atoms with van der Waals surface area (Å²) < 4.78 is 4.77. The van der Waals surface area contributed by atoms with E-state index in [2.05, 4.69) is 0 Å². The first kappa shape index (κ1) is 19.0. The van der Waals surface area contributed by atoms with Gasteiger partial charge in [-0.1, -0.05) is 6.07 Å². The number of methoxy groups -OCH3 is 1. The van der Waals surface area contributed by atoms with Crippen molar-refractivity contribution in [2.75, 3.05) is 7.11 Å². The van der Waals surface area contributed by atoms with Crippen molar-refractivity contribution in [3.05, 3.63) is 29.3 Å². The summed E-state index contributed by atoms with van der Waals surface area (Å²) in [5.74, 6) is -1.26. The molecule has 1 amide bonds. The monoisotopic (exact) mass is 347 g/mol. The average Bonchev–Trinajstić information content (AvgIpc) is 2.59. The lowest BCUT2D eigenvalue weighted by Crippen LogP contribution is -2.53. The predicted octanol–water partition coefficient (Wildman–Crippen LogP) is 2.18. The number of rotatable bonds is 5. The molecule has 1 aliphatic carbocycles. The third kappa shape index (κ3) is 3.83. The minimum absolute atomic E-state index is 0.170. The highest BCUT2D eigenvalue weighted by atomic mass is 16.5. The van der Waals surface area contributed by atoms with Gasteiger partial charge in [0.2, 0.25) is 5.91 Å². The molecule has 1 aromatic rings. The van der Waals surface area contributed by atoms with Gasteiger partial charge in [-0.3, -0.25) is 9.59 Å². The number of ether oxygens (including phenoxy) is 1. The van der Waals surface area contributed by atoms with E-state index < -0.39 is 24.0 Å². The molecular formula is C19H25NO5. The lowest BCUT2D eigenvalue weighted by atomic mass is 9.81. The summed E-state index contributed by atoms with van der Waals surface area (Å²) in [5.41, 5.74) is 1.79. The molecule has 0 saturated carbocycles. The molecule has 136 valence electrons. The second-order valence-electron chi connectivity index (χ2n) is 6.56. The highest BCUT2D eigenvalue weighted by Crippen LogP contribution is 2.35. The second kappa shape index (κ2) is 7.68. The van der Waals surface area contributed by atoms with Crippen LogP contribution in [0.5, 0.6) is 5.75 Å². The van der Waals surface area contributed by atoms with Gasteiger partial charge in [0, 0.05) is 0 Å². The zero-order chi connectivity index (χ0) is 18.7. The average molecular weight is 347 g/mol. The first-order valence-corrected chi connectivity index (χ1v) is 8.50. The molecule has 2 rings (SSSR count). The standard InChI is InChI=1S/C19H25NO5/c1-11(13(3)21)20(12(2)19(24)25-4)18(23)17-7-5-6-14-10-15(22)8-9-16(14)17/h8-12,17,22H,5-7H2,1-4H3. The number of phenols is 1. The van der Waals surface area contributed by atoms with E-state index in [0.29, 0.717) is 6.42 Å². The second-order valence-corrected chi connectivity index (χ2v) is 6.56. The van der Waals surface area contributed by atoms with E-state index in [4.69, 9.17) is 4.74 Å². The Kier molecular flexibility index (Phi) is 5.82. The molecule has 0 saturated heterocycles. The maximum atomic E-state index is 13.3. The Bertz CT molecular complexity index is 684. The fraction of sp³-hybridized carbons (Fsp3) is 0.526. The van der Waals surface area contributed by atoms with Crippen LogP contribution in [0.1, 0.15) is 50.7 Å². The number of benzene rings is 1. The molecule has 3 unspecified atom stereocenters. The van der Waals surface area contributed by atoms with Gasteiger partial charge < -0.3 is 14.7 Å². The smallest absolute Gasteiger partial charge is 0.328 e. The molecule has 6 heteroatoms. The Hall–Kier alpha value is -2.37. The van der Waals surface area contributed by atoms with Crippen molar-refractivity contribution in [3.8, 4) is 5.75 Å². The largest absolute Gasteiger partial charge is 0.508 e. The van der Waals surface area contributed by atoms with Crippen molar-refractivity contribution in [2.24, 2.45) is 0 Å². The predicted molar refractivity (Wildman–Crippen MR) is 92.3 cm³/mol. The number of aryl methyl sites for hydroxylation is 1. The summed E-state index contributed by atoms with van der Waals surface area (Å²) >= 11 is 0. The number of carbonyl (C=O) groups excluding carboxylic acids is 3. The normalized spacial score (nSPS) is 18.6. The number of fused-ring (bicyclic) bond motifs is 1. The van der Waals surface area contributed by atoms with Crippen molar-refractivity contribution >= 4 is 17.7 Å². The molecule has 0 heterocycles. The Labute approximate surface area is 147 Å². The first-order valence-electron chi connectivity index (χ1n) is 8.50. The lowest BCUT2D eigenvalue weighted by Gasteiger charge is -2.36.